The first-order valence-electron chi connectivity index (χ1n) is 9.90. The maximum Gasteiger partial charge on any atom is 0.272 e. The van der Waals surface area contributed by atoms with E-state index in [4.69, 9.17) is 16.7 Å². The lowest BCUT2D eigenvalue weighted by molar-refractivity contribution is 0.0626. The summed E-state index contributed by atoms with van der Waals surface area (Å²) in [4.78, 5) is 17.6. The van der Waals surface area contributed by atoms with Crippen molar-refractivity contribution >= 4 is 17.5 Å². The highest BCUT2D eigenvalue weighted by atomic mass is 35.5. The van der Waals surface area contributed by atoms with Gasteiger partial charge in [-0.2, -0.15) is 5.10 Å². The fraction of sp³-hybridized carbons (Fsp3) is 0.304. The molecule has 1 unspecified atom stereocenters. The normalized spacial score (nSPS) is 17.0. The van der Waals surface area contributed by atoms with Gasteiger partial charge in [0.05, 0.1) is 11.4 Å². The molecule has 0 aliphatic carbocycles. The first-order chi connectivity index (χ1) is 14.0. The van der Waals surface area contributed by atoms with Gasteiger partial charge in [0.1, 0.15) is 5.69 Å². The molecule has 0 radical (unpaired) electrons. The van der Waals surface area contributed by atoms with Crippen LogP contribution >= 0.6 is 11.6 Å². The molecule has 5 nitrogen and oxygen atoms in total. The molecule has 1 aromatic heterocycles. The SMILES string of the molecule is CN(C)C1CCCN(C(=O)c2cc(-c3ccc(Cl)cc3)nn2-c2ccccc2)C1. The molecule has 0 bridgehead atoms. The van der Waals surface area contributed by atoms with Gasteiger partial charge in [-0.15, -0.1) is 0 Å². The Morgan fingerprint density at radius 3 is 2.52 bits per heavy atom. The molecule has 2 heterocycles. The zero-order valence-electron chi connectivity index (χ0n) is 16.8. The number of hydrogen-bond donors (Lipinski definition) is 0. The third-order valence-corrected chi connectivity index (χ3v) is 5.74. The molecular weight excluding hydrogens is 384 g/mol. The van der Waals surface area contributed by atoms with Crippen molar-refractivity contribution in [1.29, 1.82) is 0 Å². The number of nitrogens with zero attached hydrogens (tertiary/aromatic N) is 4. The summed E-state index contributed by atoms with van der Waals surface area (Å²) in [5, 5.41) is 5.44. The molecular formula is C23H25ClN4O. The Labute approximate surface area is 176 Å². The van der Waals surface area contributed by atoms with Crippen molar-refractivity contribution in [2.45, 2.75) is 18.9 Å². The van der Waals surface area contributed by atoms with Crippen LogP contribution in [0.25, 0.3) is 16.9 Å². The van der Waals surface area contributed by atoms with Crippen LogP contribution in [0.5, 0.6) is 0 Å². The second-order valence-corrected chi connectivity index (χ2v) is 8.12. The molecule has 1 fully saturated rings. The number of hydrogen-bond acceptors (Lipinski definition) is 3. The van der Waals surface area contributed by atoms with Crippen molar-refractivity contribution in [3.63, 3.8) is 0 Å². The monoisotopic (exact) mass is 408 g/mol. The average molecular weight is 409 g/mol. The molecule has 6 heteroatoms. The highest BCUT2D eigenvalue weighted by molar-refractivity contribution is 6.30. The summed E-state index contributed by atoms with van der Waals surface area (Å²) in [7, 11) is 4.15. The van der Waals surface area contributed by atoms with E-state index >= 15 is 0 Å². The van der Waals surface area contributed by atoms with Crippen LogP contribution in [0.3, 0.4) is 0 Å². The Kier molecular flexibility index (Phi) is 5.69. The molecule has 1 aliphatic rings. The molecule has 1 saturated heterocycles. The van der Waals surface area contributed by atoms with Crippen molar-refractivity contribution in [3.8, 4) is 16.9 Å². The van der Waals surface area contributed by atoms with Gasteiger partial charge in [0.2, 0.25) is 0 Å². The first-order valence-corrected chi connectivity index (χ1v) is 10.3. The quantitative estimate of drug-likeness (QED) is 0.644. The van der Waals surface area contributed by atoms with Crippen molar-refractivity contribution in [2.24, 2.45) is 0 Å². The molecule has 4 rings (SSSR count). The van der Waals surface area contributed by atoms with Gasteiger partial charge in [-0.05, 0) is 57.3 Å². The highest BCUT2D eigenvalue weighted by Crippen LogP contribution is 2.25. The lowest BCUT2D eigenvalue weighted by Crippen LogP contribution is -2.47. The fourth-order valence-corrected chi connectivity index (χ4v) is 3.91. The predicted molar refractivity (Wildman–Crippen MR) is 117 cm³/mol. The van der Waals surface area contributed by atoms with Gasteiger partial charge < -0.3 is 9.80 Å². The number of piperidine rings is 1. The number of halogens is 1. The van der Waals surface area contributed by atoms with Crippen LogP contribution in [-0.4, -0.2) is 58.7 Å². The minimum Gasteiger partial charge on any atom is -0.336 e. The Morgan fingerprint density at radius 1 is 1.10 bits per heavy atom. The fourth-order valence-electron chi connectivity index (χ4n) is 3.78. The summed E-state index contributed by atoms with van der Waals surface area (Å²) in [6.45, 7) is 1.52. The third-order valence-electron chi connectivity index (χ3n) is 5.48. The van der Waals surface area contributed by atoms with Crippen LogP contribution in [0, 0.1) is 0 Å². The molecule has 150 valence electrons. The number of benzene rings is 2. The maximum absolute atomic E-state index is 13.5. The van der Waals surface area contributed by atoms with Crippen LogP contribution in [0.2, 0.25) is 5.02 Å². The summed E-state index contributed by atoms with van der Waals surface area (Å²) in [5.74, 6) is 0.0214. The molecule has 2 aromatic carbocycles. The van der Waals surface area contributed by atoms with E-state index in [0.29, 0.717) is 16.8 Å². The summed E-state index contributed by atoms with van der Waals surface area (Å²) in [5.41, 5.74) is 3.15. The van der Waals surface area contributed by atoms with E-state index < -0.39 is 0 Å². The zero-order valence-corrected chi connectivity index (χ0v) is 17.5. The molecule has 3 aromatic rings. The van der Waals surface area contributed by atoms with Crippen LogP contribution in [0.1, 0.15) is 23.3 Å². The van der Waals surface area contributed by atoms with Crippen LogP contribution in [0.4, 0.5) is 0 Å². The molecule has 0 N–H and O–H groups in total. The highest BCUT2D eigenvalue weighted by Gasteiger charge is 2.28. The lowest BCUT2D eigenvalue weighted by atomic mass is 10.0. The second kappa shape index (κ2) is 8.39. The maximum atomic E-state index is 13.5. The molecule has 29 heavy (non-hydrogen) atoms. The van der Waals surface area contributed by atoms with Gasteiger partial charge >= 0.3 is 0 Å². The number of rotatable bonds is 4. The smallest absolute Gasteiger partial charge is 0.272 e. The predicted octanol–water partition coefficient (Wildman–Crippen LogP) is 4.36. The largest absolute Gasteiger partial charge is 0.336 e. The molecule has 0 saturated carbocycles. The number of likely N-dealkylation sites (N-methyl/N-ethyl adjacent to an activating group) is 1. The minimum atomic E-state index is 0.0214. The summed E-state index contributed by atoms with van der Waals surface area (Å²) in [6.07, 6.45) is 2.13. The molecule has 1 aliphatic heterocycles. The summed E-state index contributed by atoms with van der Waals surface area (Å²) < 4.78 is 1.76. The van der Waals surface area contributed by atoms with E-state index in [1.54, 1.807) is 4.68 Å². The van der Waals surface area contributed by atoms with Crippen molar-refractivity contribution in [2.75, 3.05) is 27.2 Å². The van der Waals surface area contributed by atoms with E-state index in [-0.39, 0.29) is 5.91 Å². The lowest BCUT2D eigenvalue weighted by Gasteiger charge is -2.36. The van der Waals surface area contributed by atoms with E-state index in [2.05, 4.69) is 19.0 Å². The van der Waals surface area contributed by atoms with Crippen molar-refractivity contribution in [1.82, 2.24) is 19.6 Å². The molecule has 1 atom stereocenters. The minimum absolute atomic E-state index is 0.0214. The van der Waals surface area contributed by atoms with Crippen LogP contribution in [0.15, 0.2) is 60.7 Å². The van der Waals surface area contributed by atoms with Crippen molar-refractivity contribution in [3.05, 3.63) is 71.4 Å². The van der Waals surface area contributed by atoms with Crippen LogP contribution in [-0.2, 0) is 0 Å². The standard InChI is InChI=1S/C23H25ClN4O/c1-26(2)20-9-6-14-27(16-20)23(29)22-15-21(17-10-12-18(24)13-11-17)25-28(22)19-7-4-3-5-8-19/h3-5,7-8,10-13,15,20H,6,9,14,16H2,1-2H3. The summed E-state index contributed by atoms with van der Waals surface area (Å²) in [6, 6.07) is 19.6. The molecule has 1 amide bonds. The number of aromatic nitrogens is 2. The van der Waals surface area contributed by atoms with Gasteiger partial charge in [-0.1, -0.05) is 41.9 Å². The van der Waals surface area contributed by atoms with Gasteiger partial charge in [0.15, 0.2) is 0 Å². The average Bonchev–Trinajstić information content (AvgIpc) is 3.20. The third kappa shape index (κ3) is 4.21. The van der Waals surface area contributed by atoms with Gasteiger partial charge in [0.25, 0.3) is 5.91 Å². The number of carbonyl (C=O) groups excluding carboxylic acids is 1. The van der Waals surface area contributed by atoms with E-state index in [1.165, 1.54) is 0 Å². The van der Waals surface area contributed by atoms with Gasteiger partial charge in [-0.25, -0.2) is 4.68 Å². The Morgan fingerprint density at radius 2 is 1.83 bits per heavy atom. The first kappa shape index (κ1) is 19.7. The van der Waals surface area contributed by atoms with Crippen molar-refractivity contribution < 1.29 is 4.79 Å². The topological polar surface area (TPSA) is 41.4 Å². The number of likely N-dealkylation sites (tertiary alicyclic amines) is 1. The van der Waals surface area contributed by atoms with E-state index in [0.717, 1.165) is 42.9 Å². The number of amides is 1. The Hall–Kier alpha value is -2.63. The zero-order chi connectivity index (χ0) is 20.4. The van der Waals surface area contributed by atoms with E-state index in [1.807, 2.05) is 65.6 Å². The second-order valence-electron chi connectivity index (χ2n) is 7.68. The number of carbonyl (C=O) groups is 1. The van der Waals surface area contributed by atoms with Crippen LogP contribution < -0.4 is 0 Å². The Balaban J connectivity index is 1.73. The Bertz CT molecular complexity index is 982. The van der Waals surface area contributed by atoms with Gasteiger partial charge in [0, 0.05) is 29.7 Å². The van der Waals surface area contributed by atoms with E-state index in [9.17, 15) is 4.79 Å². The van der Waals surface area contributed by atoms with Gasteiger partial charge in [-0.3, -0.25) is 4.79 Å². The molecule has 0 spiro atoms. The summed E-state index contributed by atoms with van der Waals surface area (Å²) >= 11 is 6.03. The number of para-hydroxylation sites is 1.